The van der Waals surface area contributed by atoms with Gasteiger partial charge in [-0.15, -0.1) is 0 Å². The van der Waals surface area contributed by atoms with Gasteiger partial charge in [0.05, 0.1) is 0 Å². The molecule has 0 bridgehead atoms. The summed E-state index contributed by atoms with van der Waals surface area (Å²) in [6.07, 6.45) is -10.8. The molecule has 0 aromatic rings. The number of carbonyl (C=O) groups is 1. The Morgan fingerprint density at radius 2 is 1.59 bits per heavy atom. The van der Waals surface area contributed by atoms with E-state index < -0.39 is 24.2 Å². The second-order valence-electron chi connectivity index (χ2n) is 3.27. The summed E-state index contributed by atoms with van der Waals surface area (Å²) in [7, 11) is 0. The normalized spacial score (nSPS) is 14.9. The third-order valence-electron chi connectivity index (χ3n) is 1.86. The summed E-state index contributed by atoms with van der Waals surface area (Å²) in [4.78, 5) is 10.5. The van der Waals surface area contributed by atoms with E-state index in [0.717, 1.165) is 0 Å². The standard InChI is InChI=1S/C8H10BrF6NO/c1-2-4(9)3-16-6(17)5(7(10,11)12)8(13,14)15/h4-5H,2-3H2,1H3,(H,16,17). The third kappa shape index (κ3) is 5.60. The van der Waals surface area contributed by atoms with E-state index in [1.165, 1.54) is 0 Å². The number of rotatable bonds is 4. The SMILES string of the molecule is CCC(Br)CNC(=O)C(C(F)(F)F)C(F)(F)F. The first kappa shape index (κ1) is 16.5. The lowest BCUT2D eigenvalue weighted by Gasteiger charge is -2.22. The van der Waals surface area contributed by atoms with Crippen LogP contribution < -0.4 is 5.32 Å². The molecule has 0 aliphatic rings. The Morgan fingerprint density at radius 3 is 1.88 bits per heavy atom. The van der Waals surface area contributed by atoms with Crippen molar-refractivity contribution < 1.29 is 31.1 Å². The van der Waals surface area contributed by atoms with E-state index in [4.69, 9.17) is 0 Å². The molecule has 0 aliphatic carbocycles. The molecular weight excluding hydrogens is 320 g/mol. The zero-order valence-corrected chi connectivity index (χ0v) is 10.2. The number of carbonyl (C=O) groups excluding carboxylic acids is 1. The first-order valence-corrected chi connectivity index (χ1v) is 5.47. The minimum absolute atomic E-state index is 0.294. The van der Waals surface area contributed by atoms with Gasteiger partial charge < -0.3 is 5.32 Å². The van der Waals surface area contributed by atoms with Gasteiger partial charge in [0, 0.05) is 11.4 Å². The molecule has 0 aromatic carbocycles. The van der Waals surface area contributed by atoms with Gasteiger partial charge in [0.2, 0.25) is 11.8 Å². The van der Waals surface area contributed by atoms with Crippen molar-refractivity contribution in [2.45, 2.75) is 30.5 Å². The van der Waals surface area contributed by atoms with Crippen LogP contribution in [-0.2, 0) is 4.79 Å². The molecule has 1 unspecified atom stereocenters. The third-order valence-corrected chi connectivity index (χ3v) is 2.83. The maximum absolute atomic E-state index is 12.1. The van der Waals surface area contributed by atoms with Crippen molar-refractivity contribution in [1.82, 2.24) is 5.32 Å². The van der Waals surface area contributed by atoms with Crippen LogP contribution in [0, 0.1) is 5.92 Å². The Morgan fingerprint density at radius 1 is 1.18 bits per heavy atom. The predicted octanol–water partition coefficient (Wildman–Crippen LogP) is 3.02. The fraction of sp³-hybridized carbons (Fsp3) is 0.875. The summed E-state index contributed by atoms with van der Waals surface area (Å²) in [5.41, 5.74) is 0. The monoisotopic (exact) mass is 329 g/mol. The Hall–Kier alpha value is -0.470. The zero-order chi connectivity index (χ0) is 13.9. The largest absolute Gasteiger partial charge is 0.409 e. The zero-order valence-electron chi connectivity index (χ0n) is 8.62. The van der Waals surface area contributed by atoms with E-state index in [-0.39, 0.29) is 11.4 Å². The lowest BCUT2D eigenvalue weighted by Crippen LogP contribution is -2.48. The Kier molecular flexibility index (Phi) is 5.76. The summed E-state index contributed by atoms with van der Waals surface area (Å²) in [6.45, 7) is 1.37. The van der Waals surface area contributed by atoms with E-state index in [1.807, 2.05) is 0 Å². The molecule has 0 radical (unpaired) electrons. The highest BCUT2D eigenvalue weighted by molar-refractivity contribution is 9.09. The minimum atomic E-state index is -5.64. The van der Waals surface area contributed by atoms with Crippen molar-refractivity contribution in [3.8, 4) is 0 Å². The molecule has 0 saturated carbocycles. The summed E-state index contributed by atoms with van der Waals surface area (Å²) in [6, 6.07) is 0. The molecule has 0 aromatic heterocycles. The van der Waals surface area contributed by atoms with Crippen LogP contribution in [0.1, 0.15) is 13.3 Å². The second-order valence-corrected chi connectivity index (χ2v) is 4.56. The topological polar surface area (TPSA) is 29.1 Å². The molecule has 102 valence electrons. The number of alkyl halides is 7. The molecule has 2 nitrogen and oxygen atoms in total. The number of hydrogen-bond acceptors (Lipinski definition) is 1. The van der Waals surface area contributed by atoms with Crippen molar-refractivity contribution in [3.63, 3.8) is 0 Å². The summed E-state index contributed by atoms with van der Waals surface area (Å²) in [5, 5.41) is 1.62. The van der Waals surface area contributed by atoms with Crippen molar-refractivity contribution in [1.29, 1.82) is 0 Å². The van der Waals surface area contributed by atoms with Crippen molar-refractivity contribution in [2.75, 3.05) is 6.54 Å². The average Bonchev–Trinajstić information content (AvgIpc) is 2.09. The lowest BCUT2D eigenvalue weighted by molar-refractivity contribution is -0.274. The van der Waals surface area contributed by atoms with E-state index >= 15 is 0 Å². The van der Waals surface area contributed by atoms with Crippen LogP contribution in [0.15, 0.2) is 0 Å². The molecule has 17 heavy (non-hydrogen) atoms. The number of amides is 1. The van der Waals surface area contributed by atoms with Crippen molar-refractivity contribution in [3.05, 3.63) is 0 Å². The van der Waals surface area contributed by atoms with Gasteiger partial charge in [-0.3, -0.25) is 4.79 Å². The van der Waals surface area contributed by atoms with Crippen LogP contribution in [-0.4, -0.2) is 29.6 Å². The first-order valence-electron chi connectivity index (χ1n) is 4.55. The van der Waals surface area contributed by atoms with Crippen LogP contribution in [0.3, 0.4) is 0 Å². The minimum Gasteiger partial charge on any atom is -0.354 e. The quantitative estimate of drug-likeness (QED) is 0.623. The van der Waals surface area contributed by atoms with E-state index in [0.29, 0.717) is 6.42 Å². The Bertz CT molecular complexity index is 250. The fourth-order valence-corrected chi connectivity index (χ4v) is 1.10. The molecule has 0 heterocycles. The number of nitrogens with one attached hydrogen (secondary N) is 1. The van der Waals surface area contributed by atoms with Gasteiger partial charge in [0.15, 0.2) is 0 Å². The number of hydrogen-bond donors (Lipinski definition) is 1. The summed E-state index contributed by atoms with van der Waals surface area (Å²) < 4.78 is 72.5. The second kappa shape index (κ2) is 5.92. The molecule has 0 rings (SSSR count). The lowest BCUT2D eigenvalue weighted by atomic mass is 10.1. The predicted molar refractivity (Wildman–Crippen MR) is 51.6 cm³/mol. The summed E-state index contributed by atoms with van der Waals surface area (Å²) >= 11 is 2.98. The molecule has 1 N–H and O–H groups in total. The van der Waals surface area contributed by atoms with Crippen LogP contribution in [0.4, 0.5) is 26.3 Å². The molecule has 0 aliphatic heterocycles. The highest BCUT2D eigenvalue weighted by atomic mass is 79.9. The molecule has 0 spiro atoms. The van der Waals surface area contributed by atoms with Gasteiger partial charge in [-0.25, -0.2) is 0 Å². The van der Waals surface area contributed by atoms with Crippen LogP contribution >= 0.6 is 15.9 Å². The number of halogens is 7. The average molecular weight is 330 g/mol. The molecule has 0 saturated heterocycles. The van der Waals surface area contributed by atoms with Gasteiger partial charge in [-0.05, 0) is 6.42 Å². The van der Waals surface area contributed by atoms with Gasteiger partial charge >= 0.3 is 12.4 Å². The molecule has 9 heteroatoms. The first-order chi connectivity index (χ1) is 7.50. The van der Waals surface area contributed by atoms with Crippen LogP contribution in [0.5, 0.6) is 0 Å². The highest BCUT2D eigenvalue weighted by Gasteiger charge is 2.61. The van der Waals surface area contributed by atoms with Gasteiger partial charge in [-0.1, -0.05) is 22.9 Å². The van der Waals surface area contributed by atoms with Gasteiger partial charge in [0.25, 0.3) is 0 Å². The Balaban J connectivity index is 4.69. The maximum atomic E-state index is 12.1. The van der Waals surface area contributed by atoms with Gasteiger partial charge in [-0.2, -0.15) is 26.3 Å². The van der Waals surface area contributed by atoms with E-state index in [9.17, 15) is 31.1 Å². The molecule has 1 atom stereocenters. The van der Waals surface area contributed by atoms with E-state index in [2.05, 4.69) is 15.9 Å². The summed E-state index contributed by atoms with van der Waals surface area (Å²) in [5.74, 6) is -6.06. The fourth-order valence-electron chi connectivity index (χ4n) is 0.941. The van der Waals surface area contributed by atoms with E-state index in [1.54, 1.807) is 12.2 Å². The van der Waals surface area contributed by atoms with Gasteiger partial charge in [0.1, 0.15) is 0 Å². The highest BCUT2D eigenvalue weighted by Crippen LogP contribution is 2.39. The maximum Gasteiger partial charge on any atom is 0.409 e. The van der Waals surface area contributed by atoms with Crippen molar-refractivity contribution >= 4 is 21.8 Å². The molecule has 1 amide bonds. The van der Waals surface area contributed by atoms with Crippen LogP contribution in [0.2, 0.25) is 0 Å². The molecular formula is C8H10BrF6NO. The molecule has 0 fully saturated rings. The van der Waals surface area contributed by atoms with Crippen molar-refractivity contribution in [2.24, 2.45) is 5.92 Å². The smallest absolute Gasteiger partial charge is 0.354 e. The Labute approximate surface area is 102 Å². The van der Waals surface area contributed by atoms with Crippen LogP contribution in [0.25, 0.3) is 0 Å².